The molecule has 4 heterocycles. The lowest BCUT2D eigenvalue weighted by Gasteiger charge is -2.30. The molecule has 10 nitrogen and oxygen atoms in total. The molecule has 1 amide bonds. The first-order chi connectivity index (χ1) is 18.1. The number of ether oxygens (including phenoxy) is 1. The fourth-order valence-electron chi connectivity index (χ4n) is 4.68. The molecule has 1 fully saturated rings. The molecule has 0 spiro atoms. The molecule has 5 rings (SSSR count). The number of aliphatic hydroxyl groups excluding tert-OH is 1. The first-order valence-corrected chi connectivity index (χ1v) is 11.6. The lowest BCUT2D eigenvalue weighted by Crippen LogP contribution is -2.40. The van der Waals surface area contributed by atoms with Crippen molar-refractivity contribution in [3.8, 4) is 17.3 Å². The molecule has 14 heteroatoms. The van der Waals surface area contributed by atoms with E-state index in [1.165, 1.54) is 39.8 Å². The van der Waals surface area contributed by atoms with Gasteiger partial charge in [-0.2, -0.15) is 13.2 Å². The number of rotatable bonds is 7. The molecule has 200 valence electrons. The Balaban J connectivity index is 1.52. The molecule has 1 aromatic carbocycles. The quantitative estimate of drug-likeness (QED) is 0.308. The van der Waals surface area contributed by atoms with E-state index in [4.69, 9.17) is 14.9 Å². The van der Waals surface area contributed by atoms with Crippen LogP contribution in [0.25, 0.3) is 28.1 Å². The van der Waals surface area contributed by atoms with Crippen molar-refractivity contribution in [2.24, 2.45) is 0 Å². The molecular weight excluding hydrogens is 512 g/mol. The van der Waals surface area contributed by atoms with Gasteiger partial charge in [0.15, 0.2) is 23.0 Å². The van der Waals surface area contributed by atoms with Gasteiger partial charge in [-0.15, -0.1) is 10.2 Å². The van der Waals surface area contributed by atoms with E-state index in [1.807, 2.05) is 0 Å². The van der Waals surface area contributed by atoms with Crippen LogP contribution in [0.1, 0.15) is 18.0 Å². The average Bonchev–Trinajstić information content (AvgIpc) is 3.48. The topological polar surface area (TPSA) is 125 Å². The number of nitrogens with one attached hydrogen (secondary N) is 1. The second-order valence-electron chi connectivity index (χ2n) is 8.83. The number of aliphatic hydroxyl groups is 1. The van der Waals surface area contributed by atoms with Gasteiger partial charge >= 0.3 is 12.3 Å². The number of halogens is 4. The van der Waals surface area contributed by atoms with Crippen LogP contribution in [0.15, 0.2) is 42.6 Å². The molecule has 2 atom stereocenters. The molecule has 3 aromatic heterocycles. The number of alkyl halides is 3. The molecule has 0 radical (unpaired) electrons. The maximum atomic E-state index is 14.3. The maximum Gasteiger partial charge on any atom is 0.408 e. The summed E-state index contributed by atoms with van der Waals surface area (Å²) in [6, 6.07) is 5.92. The summed E-state index contributed by atoms with van der Waals surface area (Å²) in [6.45, 7) is -0.436. The SMILES string of the molecule is O=C(O)NC1CCN([C@H](c2ccc3nnc(-c4ccc5cc(F)c(OCCO)cc5n4)n3c2)C(F)(F)F)C1. The van der Waals surface area contributed by atoms with Crippen LogP contribution in [0.2, 0.25) is 0 Å². The van der Waals surface area contributed by atoms with Crippen molar-refractivity contribution in [3.05, 3.63) is 54.0 Å². The molecule has 0 aliphatic carbocycles. The number of hydrogen-bond donors (Lipinski definition) is 3. The molecule has 1 aliphatic heterocycles. The first-order valence-electron chi connectivity index (χ1n) is 11.6. The lowest BCUT2D eigenvalue weighted by molar-refractivity contribution is -0.184. The summed E-state index contributed by atoms with van der Waals surface area (Å²) >= 11 is 0. The summed E-state index contributed by atoms with van der Waals surface area (Å²) < 4.78 is 63.6. The zero-order chi connectivity index (χ0) is 27.0. The smallest absolute Gasteiger partial charge is 0.408 e. The van der Waals surface area contributed by atoms with Crippen LogP contribution in [0.5, 0.6) is 5.75 Å². The predicted octanol–water partition coefficient (Wildman–Crippen LogP) is 3.40. The molecule has 38 heavy (non-hydrogen) atoms. The molecular formula is C24H22F4N6O4. The minimum Gasteiger partial charge on any atom is -0.488 e. The van der Waals surface area contributed by atoms with Gasteiger partial charge in [0.1, 0.15) is 18.3 Å². The highest BCUT2D eigenvalue weighted by molar-refractivity contribution is 5.82. The Morgan fingerprint density at radius 2 is 2.03 bits per heavy atom. The highest BCUT2D eigenvalue weighted by Gasteiger charge is 2.47. The molecule has 1 saturated heterocycles. The van der Waals surface area contributed by atoms with E-state index in [0.717, 1.165) is 0 Å². The summed E-state index contributed by atoms with van der Waals surface area (Å²) in [5.41, 5.74) is 0.873. The van der Waals surface area contributed by atoms with Crippen molar-refractivity contribution in [1.29, 1.82) is 0 Å². The zero-order valence-electron chi connectivity index (χ0n) is 19.7. The summed E-state index contributed by atoms with van der Waals surface area (Å²) in [5.74, 6) is -0.545. The number of pyridine rings is 2. The number of amides is 1. The van der Waals surface area contributed by atoms with Gasteiger partial charge in [-0.3, -0.25) is 9.30 Å². The number of fused-ring (bicyclic) bond motifs is 2. The molecule has 3 N–H and O–H groups in total. The Labute approximate surface area is 212 Å². The van der Waals surface area contributed by atoms with E-state index in [1.54, 1.807) is 12.1 Å². The van der Waals surface area contributed by atoms with E-state index in [0.29, 0.717) is 16.6 Å². The van der Waals surface area contributed by atoms with Crippen molar-refractivity contribution in [2.75, 3.05) is 26.3 Å². The van der Waals surface area contributed by atoms with Crippen molar-refractivity contribution in [1.82, 2.24) is 29.8 Å². The molecule has 1 aliphatic rings. The van der Waals surface area contributed by atoms with E-state index < -0.39 is 30.2 Å². The number of likely N-dealkylation sites (tertiary alicyclic amines) is 1. The molecule has 0 saturated carbocycles. The Morgan fingerprint density at radius 1 is 1.21 bits per heavy atom. The predicted molar refractivity (Wildman–Crippen MR) is 126 cm³/mol. The van der Waals surface area contributed by atoms with Gasteiger partial charge in [0.2, 0.25) is 0 Å². The van der Waals surface area contributed by atoms with Crippen molar-refractivity contribution in [3.63, 3.8) is 0 Å². The van der Waals surface area contributed by atoms with Crippen molar-refractivity contribution < 1.29 is 37.3 Å². The van der Waals surface area contributed by atoms with E-state index in [9.17, 15) is 22.4 Å². The second kappa shape index (κ2) is 10.0. The normalized spacial score (nSPS) is 17.2. The van der Waals surface area contributed by atoms with Crippen LogP contribution in [0.3, 0.4) is 0 Å². The summed E-state index contributed by atoms with van der Waals surface area (Å²) in [5, 5.41) is 28.7. The maximum absolute atomic E-state index is 14.3. The summed E-state index contributed by atoms with van der Waals surface area (Å²) in [7, 11) is 0. The second-order valence-corrected chi connectivity index (χ2v) is 8.83. The van der Waals surface area contributed by atoms with E-state index in [-0.39, 0.29) is 55.6 Å². The number of benzene rings is 1. The third-order valence-electron chi connectivity index (χ3n) is 6.28. The molecule has 4 aromatic rings. The van der Waals surface area contributed by atoms with Crippen LogP contribution in [-0.2, 0) is 0 Å². The standard InChI is InChI=1S/C24H22F4N6O4/c25-16-9-13-1-3-17(30-18(13)10-19(16)38-8-7-35)22-32-31-20-4-2-14(11-34(20)22)21(24(26,27)28)33-6-5-15(12-33)29-23(36)37/h1-4,9-11,15,21,29,35H,5-8,12H2,(H,36,37)/t15?,21-/m1/s1. The summed E-state index contributed by atoms with van der Waals surface area (Å²) in [6.07, 6.45) is -4.36. The van der Waals surface area contributed by atoms with Crippen LogP contribution in [0, 0.1) is 5.82 Å². The lowest BCUT2D eigenvalue weighted by atomic mass is 10.1. The highest BCUT2D eigenvalue weighted by Crippen LogP contribution is 2.40. The van der Waals surface area contributed by atoms with Gasteiger partial charge in [0, 0.05) is 36.8 Å². The van der Waals surface area contributed by atoms with Gasteiger partial charge in [0.25, 0.3) is 0 Å². The number of carboxylic acid groups (broad SMARTS) is 1. The van der Waals surface area contributed by atoms with Crippen LogP contribution in [-0.4, -0.2) is 79.3 Å². The fourth-order valence-corrected chi connectivity index (χ4v) is 4.68. The van der Waals surface area contributed by atoms with Crippen LogP contribution < -0.4 is 10.1 Å². The van der Waals surface area contributed by atoms with Crippen molar-refractivity contribution in [2.45, 2.75) is 24.7 Å². The van der Waals surface area contributed by atoms with Gasteiger partial charge in [-0.05, 0) is 30.2 Å². The van der Waals surface area contributed by atoms with Gasteiger partial charge in [-0.25, -0.2) is 14.2 Å². The van der Waals surface area contributed by atoms with Gasteiger partial charge in [-0.1, -0.05) is 12.1 Å². The fraction of sp³-hybridized carbons (Fsp3) is 0.333. The minimum atomic E-state index is -4.63. The average molecular weight is 534 g/mol. The largest absolute Gasteiger partial charge is 0.488 e. The molecule has 0 bridgehead atoms. The van der Waals surface area contributed by atoms with Crippen LogP contribution in [0.4, 0.5) is 22.4 Å². The number of nitrogens with zero attached hydrogens (tertiary/aromatic N) is 5. The first kappa shape index (κ1) is 25.6. The Morgan fingerprint density at radius 3 is 2.76 bits per heavy atom. The molecule has 1 unspecified atom stereocenters. The van der Waals surface area contributed by atoms with Crippen molar-refractivity contribution >= 4 is 22.6 Å². The summed E-state index contributed by atoms with van der Waals surface area (Å²) in [4.78, 5) is 16.6. The Kier molecular flexibility index (Phi) is 6.75. The number of aromatic nitrogens is 4. The monoisotopic (exact) mass is 534 g/mol. The Bertz CT molecular complexity index is 1490. The number of carbonyl (C=O) groups is 1. The highest BCUT2D eigenvalue weighted by atomic mass is 19.4. The van der Waals surface area contributed by atoms with Crippen LogP contribution >= 0.6 is 0 Å². The third-order valence-corrected chi connectivity index (χ3v) is 6.28. The van der Waals surface area contributed by atoms with Gasteiger partial charge in [0.05, 0.1) is 12.1 Å². The zero-order valence-corrected chi connectivity index (χ0v) is 19.7. The van der Waals surface area contributed by atoms with E-state index >= 15 is 0 Å². The van der Waals surface area contributed by atoms with E-state index in [2.05, 4.69) is 20.5 Å². The Hall–Kier alpha value is -4.04. The minimum absolute atomic E-state index is 0.0612. The van der Waals surface area contributed by atoms with Gasteiger partial charge < -0.3 is 20.3 Å². The third kappa shape index (κ3) is 5.04. The number of hydrogen-bond acceptors (Lipinski definition) is 7.